The van der Waals surface area contributed by atoms with Gasteiger partial charge in [-0.1, -0.05) is 149 Å². The first-order chi connectivity index (χ1) is 22.1. The van der Waals surface area contributed by atoms with Crippen LogP contribution in [0.3, 0.4) is 0 Å². The standard InChI is InChI=1S/C20H32NP.C17H31P.C5H10.4CH3.2Fe/c1-16(21(2)3)19-14-9-15-20(19)22(18-12-7-8-13-18)17-10-5-4-6-11-17;1-3-9-15(10-4-1)18(17-13-7-8-14-17)16-11-5-2-6-12-16;1-2-4-5-3-1;;;;;;/h4-6,10-11,16,18-20H,7-9,12-15H2,1-3H3;15-17H,1-14H2;1-5H2;4*1H3;;/q;;;4*-1;2*+2/t16-,19?,20?,22-;;;;;;;;/m1......../s1. The first kappa shape index (κ1) is 54.2. The summed E-state index contributed by atoms with van der Waals surface area (Å²) < 4.78 is 0. The van der Waals surface area contributed by atoms with E-state index in [1.54, 1.807) is 82.4 Å². The molecule has 0 aromatic heterocycles. The Morgan fingerprint density at radius 2 is 0.824 bits per heavy atom. The van der Waals surface area contributed by atoms with Crippen LogP contribution < -0.4 is 5.30 Å². The molecule has 6 fully saturated rings. The molecule has 0 bridgehead atoms. The summed E-state index contributed by atoms with van der Waals surface area (Å²) in [4.78, 5) is 2.45. The maximum Gasteiger partial charge on any atom is 2.00 e. The third-order valence-corrected chi connectivity index (χ3v) is 20.7. The second kappa shape index (κ2) is 30.2. The predicted molar refractivity (Wildman–Crippen MR) is 231 cm³/mol. The Hall–Kier alpha value is 1.08. The van der Waals surface area contributed by atoms with Crippen LogP contribution in [0, 0.1) is 35.6 Å². The third-order valence-electron chi connectivity index (χ3n) is 13.1. The molecule has 6 aliphatic rings. The van der Waals surface area contributed by atoms with Crippen LogP contribution in [0.25, 0.3) is 0 Å². The first-order valence-corrected chi connectivity index (χ1v) is 23.4. The Kier molecular flexibility index (Phi) is 32.1. The van der Waals surface area contributed by atoms with E-state index >= 15 is 0 Å². The van der Waals surface area contributed by atoms with Crippen LogP contribution in [-0.2, 0) is 34.1 Å². The molecule has 1 aromatic rings. The molecule has 7 rings (SSSR count). The molecule has 51 heavy (non-hydrogen) atoms. The Morgan fingerprint density at radius 3 is 1.22 bits per heavy atom. The van der Waals surface area contributed by atoms with Crippen molar-refractivity contribution in [2.45, 2.75) is 208 Å². The zero-order valence-corrected chi connectivity index (χ0v) is 38.9. The van der Waals surface area contributed by atoms with Crippen molar-refractivity contribution in [3.63, 3.8) is 0 Å². The molecule has 0 N–H and O–H groups in total. The van der Waals surface area contributed by atoms with E-state index in [1.165, 1.54) is 107 Å². The summed E-state index contributed by atoms with van der Waals surface area (Å²) in [6.45, 7) is 2.45. The summed E-state index contributed by atoms with van der Waals surface area (Å²) in [6, 6.07) is 12.3. The molecule has 1 nitrogen and oxygen atoms in total. The zero-order chi connectivity index (χ0) is 31.3. The Bertz CT molecular complexity index is 877. The number of rotatable bonds is 8. The van der Waals surface area contributed by atoms with Crippen molar-refractivity contribution in [2.24, 2.45) is 5.92 Å². The van der Waals surface area contributed by atoms with Gasteiger partial charge < -0.3 is 34.6 Å². The second-order valence-electron chi connectivity index (χ2n) is 16.3. The normalized spacial score (nSPS) is 25.2. The topological polar surface area (TPSA) is 3.24 Å². The van der Waals surface area contributed by atoms with Crippen LogP contribution in [0.15, 0.2) is 30.3 Å². The molecule has 0 spiro atoms. The summed E-state index contributed by atoms with van der Waals surface area (Å²) in [6.07, 6.45) is 39.9. The average molecular weight is 826 g/mol. The average Bonchev–Trinajstić information content (AvgIpc) is 3.93. The zero-order valence-electron chi connectivity index (χ0n) is 34.9. The number of hydrogen-bond acceptors (Lipinski definition) is 1. The quantitative estimate of drug-likeness (QED) is 0.143. The smallest absolute Gasteiger partial charge is 0.358 e. The Balaban J connectivity index is 0. The minimum atomic E-state index is 0. The minimum absolute atomic E-state index is 0. The van der Waals surface area contributed by atoms with Crippen molar-refractivity contribution >= 4 is 21.1 Å². The van der Waals surface area contributed by atoms with Gasteiger partial charge in [-0.05, 0) is 125 Å². The molecule has 1 aromatic carbocycles. The van der Waals surface area contributed by atoms with Crippen molar-refractivity contribution in [1.29, 1.82) is 0 Å². The fourth-order valence-corrected chi connectivity index (χ4v) is 19.2. The summed E-state index contributed by atoms with van der Waals surface area (Å²) in [7, 11) is 4.95. The number of nitrogens with zero attached hydrogens (tertiary/aromatic N) is 1. The van der Waals surface area contributed by atoms with Gasteiger partial charge in [0.1, 0.15) is 0 Å². The molecule has 0 radical (unpaired) electrons. The Labute approximate surface area is 346 Å². The number of benzene rings is 1. The van der Waals surface area contributed by atoms with Crippen molar-refractivity contribution in [3.05, 3.63) is 60.0 Å². The number of hydrogen-bond donors (Lipinski definition) is 0. The minimum Gasteiger partial charge on any atom is -0.358 e. The van der Waals surface area contributed by atoms with E-state index in [0.717, 1.165) is 23.3 Å². The van der Waals surface area contributed by atoms with E-state index < -0.39 is 0 Å². The van der Waals surface area contributed by atoms with Gasteiger partial charge in [-0.25, -0.2) is 0 Å². The van der Waals surface area contributed by atoms with Crippen molar-refractivity contribution < 1.29 is 34.1 Å². The van der Waals surface area contributed by atoms with Gasteiger partial charge in [0.05, 0.1) is 0 Å². The fourth-order valence-electron chi connectivity index (χ4n) is 10.5. The van der Waals surface area contributed by atoms with Crippen LogP contribution in [0.5, 0.6) is 0 Å². The summed E-state index contributed by atoms with van der Waals surface area (Å²) in [5, 5.41) is 1.69. The van der Waals surface area contributed by atoms with Gasteiger partial charge in [0.25, 0.3) is 0 Å². The van der Waals surface area contributed by atoms with Gasteiger partial charge >= 0.3 is 34.1 Å². The van der Waals surface area contributed by atoms with Crippen LogP contribution >= 0.6 is 15.8 Å². The second-order valence-corrected chi connectivity index (χ2v) is 22.1. The molecule has 2 unspecified atom stereocenters. The maximum atomic E-state index is 2.45. The van der Waals surface area contributed by atoms with E-state index in [4.69, 9.17) is 0 Å². The van der Waals surface area contributed by atoms with Crippen LogP contribution in [0.2, 0.25) is 0 Å². The van der Waals surface area contributed by atoms with Gasteiger partial charge in [-0.3, -0.25) is 0 Å². The SMILES string of the molecule is C1CCC(P(C2CCCCC2)C2CCCC2)CC1.C1CCCC1.C[C@H](C1CCCC1[P@](c1ccccc1)C1CCCC1)N(C)C.[CH3-].[CH3-].[CH3-].[CH3-].[Fe+2].[Fe+2]. The summed E-state index contributed by atoms with van der Waals surface area (Å²) in [5.41, 5.74) is 5.54. The molecule has 6 saturated carbocycles. The van der Waals surface area contributed by atoms with E-state index in [0.29, 0.717) is 7.92 Å². The van der Waals surface area contributed by atoms with Crippen LogP contribution in [0.1, 0.15) is 174 Å². The van der Waals surface area contributed by atoms with Crippen LogP contribution in [0.4, 0.5) is 0 Å². The van der Waals surface area contributed by atoms with Gasteiger partial charge in [-0.2, -0.15) is 0 Å². The molecule has 0 saturated heterocycles. The molecule has 0 heterocycles. The van der Waals surface area contributed by atoms with Crippen molar-refractivity contribution in [2.75, 3.05) is 14.1 Å². The largest absolute Gasteiger partial charge is 2.00 e. The molecular formula is C46H85Fe2NP2. The van der Waals surface area contributed by atoms with E-state index in [-0.39, 0.29) is 71.8 Å². The van der Waals surface area contributed by atoms with Gasteiger partial charge in [0.15, 0.2) is 0 Å². The first-order valence-electron chi connectivity index (χ1n) is 20.4. The fraction of sp³-hybridized carbons (Fsp3) is 0.783. The maximum absolute atomic E-state index is 2.45. The van der Waals surface area contributed by atoms with Gasteiger partial charge in [-0.15, -0.1) is 0 Å². The van der Waals surface area contributed by atoms with E-state index in [9.17, 15) is 0 Å². The molecular weight excluding hydrogens is 740 g/mol. The molecule has 6 aliphatic carbocycles. The molecule has 5 heteroatoms. The van der Waals surface area contributed by atoms with Crippen molar-refractivity contribution in [3.8, 4) is 0 Å². The van der Waals surface area contributed by atoms with E-state index in [2.05, 4.69) is 56.3 Å². The van der Waals surface area contributed by atoms with Gasteiger partial charge in [0.2, 0.25) is 0 Å². The predicted octanol–water partition coefficient (Wildman–Crippen LogP) is 14.7. The third kappa shape index (κ3) is 16.6. The Morgan fingerprint density at radius 1 is 0.471 bits per heavy atom. The molecule has 4 atom stereocenters. The summed E-state index contributed by atoms with van der Waals surface area (Å²) >= 11 is 0. The monoisotopic (exact) mass is 825 g/mol. The molecule has 300 valence electrons. The molecule has 0 aliphatic heterocycles. The van der Waals surface area contributed by atoms with Crippen LogP contribution in [-0.4, -0.2) is 53.3 Å². The van der Waals surface area contributed by atoms with Crippen molar-refractivity contribution in [1.82, 2.24) is 4.90 Å². The molecule has 0 amide bonds. The summed E-state index contributed by atoms with van der Waals surface area (Å²) in [5.74, 6) is 0.905. The van der Waals surface area contributed by atoms with Gasteiger partial charge in [0, 0.05) is 6.04 Å². The van der Waals surface area contributed by atoms with E-state index in [1.807, 2.05) is 0 Å².